The predicted octanol–water partition coefficient (Wildman–Crippen LogP) is 3.47. The Labute approximate surface area is 156 Å². The SMILES string of the molecule is O=C(NCC[C@@H]1[C@H]2CN(c3cccc(F)c3)C[C@@H]12)c1cc2ccncc2o1. The average molecular weight is 365 g/mol. The van der Waals surface area contributed by atoms with Gasteiger partial charge in [0.2, 0.25) is 0 Å². The molecule has 5 rings (SSSR count). The third-order valence-corrected chi connectivity index (χ3v) is 5.85. The minimum Gasteiger partial charge on any atom is -0.449 e. The summed E-state index contributed by atoms with van der Waals surface area (Å²) in [7, 11) is 0. The molecule has 0 unspecified atom stereocenters. The molecule has 2 aromatic heterocycles. The number of halogens is 1. The Morgan fingerprint density at radius 2 is 2.11 bits per heavy atom. The molecule has 1 aromatic carbocycles. The maximum Gasteiger partial charge on any atom is 0.287 e. The van der Waals surface area contributed by atoms with Crippen LogP contribution in [0.1, 0.15) is 17.0 Å². The van der Waals surface area contributed by atoms with Gasteiger partial charge in [-0.2, -0.15) is 0 Å². The van der Waals surface area contributed by atoms with Crippen molar-refractivity contribution in [2.75, 3.05) is 24.5 Å². The van der Waals surface area contributed by atoms with Gasteiger partial charge in [0, 0.05) is 36.9 Å². The first-order valence-corrected chi connectivity index (χ1v) is 9.31. The van der Waals surface area contributed by atoms with Gasteiger partial charge in [-0.05, 0) is 54.5 Å². The molecule has 2 aliphatic rings. The summed E-state index contributed by atoms with van der Waals surface area (Å²) in [5, 5.41) is 3.83. The number of furan rings is 1. The van der Waals surface area contributed by atoms with Crippen LogP contribution in [0.15, 0.2) is 53.2 Å². The van der Waals surface area contributed by atoms with Crippen LogP contribution in [0.4, 0.5) is 10.1 Å². The molecule has 5 nitrogen and oxygen atoms in total. The van der Waals surface area contributed by atoms with Gasteiger partial charge >= 0.3 is 0 Å². The van der Waals surface area contributed by atoms with E-state index in [0.29, 0.717) is 35.6 Å². The van der Waals surface area contributed by atoms with E-state index in [4.69, 9.17) is 4.42 Å². The molecule has 1 aliphatic heterocycles. The summed E-state index contributed by atoms with van der Waals surface area (Å²) in [6.07, 6.45) is 4.26. The number of anilines is 1. The molecule has 0 spiro atoms. The van der Waals surface area contributed by atoms with Crippen molar-refractivity contribution < 1.29 is 13.6 Å². The van der Waals surface area contributed by atoms with Gasteiger partial charge in [-0.1, -0.05) is 6.07 Å². The number of hydrogen-bond acceptors (Lipinski definition) is 4. The van der Waals surface area contributed by atoms with E-state index in [2.05, 4.69) is 15.2 Å². The standard InChI is InChI=1S/C21H20FN3O2/c22-14-2-1-3-15(9-14)25-11-17-16(18(17)12-25)5-7-24-21(26)19-8-13-4-6-23-10-20(13)27-19/h1-4,6,8-10,16-18H,5,7,11-12H2,(H,24,26)/t16-,17-,18+. The molecule has 1 N–H and O–H groups in total. The minimum atomic E-state index is -0.186. The molecule has 3 atom stereocenters. The fourth-order valence-corrected chi connectivity index (χ4v) is 4.40. The second-order valence-electron chi connectivity index (χ2n) is 7.45. The first-order valence-electron chi connectivity index (χ1n) is 9.31. The molecule has 2 fully saturated rings. The zero-order valence-corrected chi connectivity index (χ0v) is 14.8. The number of pyridine rings is 1. The van der Waals surface area contributed by atoms with Gasteiger partial charge in [0.25, 0.3) is 5.91 Å². The largest absolute Gasteiger partial charge is 0.449 e. The van der Waals surface area contributed by atoms with Gasteiger partial charge < -0.3 is 14.6 Å². The first kappa shape index (κ1) is 16.3. The van der Waals surface area contributed by atoms with Gasteiger partial charge in [0.1, 0.15) is 5.82 Å². The number of nitrogens with zero attached hydrogens (tertiary/aromatic N) is 2. The topological polar surface area (TPSA) is 58.4 Å². The fraction of sp³-hybridized carbons (Fsp3) is 0.333. The highest BCUT2D eigenvalue weighted by molar-refractivity contribution is 5.95. The highest BCUT2D eigenvalue weighted by Crippen LogP contribution is 2.54. The summed E-state index contributed by atoms with van der Waals surface area (Å²) in [5.74, 6) is 1.92. The maximum atomic E-state index is 13.4. The normalized spacial score (nSPS) is 23.4. The van der Waals surface area contributed by atoms with Crippen LogP contribution in [-0.4, -0.2) is 30.5 Å². The van der Waals surface area contributed by atoms with Gasteiger partial charge in [-0.3, -0.25) is 9.78 Å². The second kappa shape index (κ2) is 6.37. The quantitative estimate of drug-likeness (QED) is 0.752. The van der Waals surface area contributed by atoms with E-state index in [0.717, 1.165) is 30.6 Å². The van der Waals surface area contributed by atoms with Crippen LogP contribution in [-0.2, 0) is 0 Å². The lowest BCUT2D eigenvalue weighted by molar-refractivity contribution is 0.0926. The number of amides is 1. The molecule has 3 aromatic rings. The van der Waals surface area contributed by atoms with Crippen molar-refractivity contribution in [3.05, 3.63) is 60.4 Å². The summed E-state index contributed by atoms with van der Waals surface area (Å²) in [6.45, 7) is 2.60. The number of piperidine rings is 1. The van der Waals surface area contributed by atoms with Crippen LogP contribution in [0.25, 0.3) is 11.0 Å². The van der Waals surface area contributed by atoms with Crippen LogP contribution >= 0.6 is 0 Å². The molecule has 27 heavy (non-hydrogen) atoms. The zero-order chi connectivity index (χ0) is 18.4. The van der Waals surface area contributed by atoms with E-state index >= 15 is 0 Å². The molecule has 138 valence electrons. The van der Waals surface area contributed by atoms with Crippen LogP contribution in [0, 0.1) is 23.6 Å². The van der Waals surface area contributed by atoms with Crippen LogP contribution in [0.2, 0.25) is 0 Å². The first-order chi connectivity index (χ1) is 13.2. The second-order valence-corrected chi connectivity index (χ2v) is 7.45. The van der Waals surface area contributed by atoms with Gasteiger partial charge in [-0.15, -0.1) is 0 Å². The molecule has 0 bridgehead atoms. The van der Waals surface area contributed by atoms with E-state index in [1.807, 2.05) is 12.1 Å². The average Bonchev–Trinajstić information content (AvgIpc) is 3.05. The Hall–Kier alpha value is -2.89. The number of benzene rings is 1. The lowest BCUT2D eigenvalue weighted by Crippen LogP contribution is -2.27. The number of nitrogens with one attached hydrogen (secondary N) is 1. The molecule has 1 saturated heterocycles. The monoisotopic (exact) mass is 365 g/mol. The van der Waals surface area contributed by atoms with Crippen LogP contribution < -0.4 is 10.2 Å². The van der Waals surface area contributed by atoms with Crippen molar-refractivity contribution >= 4 is 22.6 Å². The van der Waals surface area contributed by atoms with Crippen molar-refractivity contribution in [1.82, 2.24) is 10.3 Å². The molecule has 6 heteroatoms. The Kier molecular flexibility index (Phi) is 3.85. The smallest absolute Gasteiger partial charge is 0.287 e. The number of carbonyl (C=O) groups excluding carboxylic acids is 1. The Morgan fingerprint density at radius 1 is 1.26 bits per heavy atom. The van der Waals surface area contributed by atoms with Crippen molar-refractivity contribution in [2.24, 2.45) is 17.8 Å². The highest BCUT2D eigenvalue weighted by Gasteiger charge is 2.54. The number of carbonyl (C=O) groups is 1. The molecule has 1 saturated carbocycles. The predicted molar refractivity (Wildman–Crippen MR) is 100 cm³/mol. The number of fused-ring (bicyclic) bond motifs is 2. The lowest BCUT2D eigenvalue weighted by atomic mass is 10.2. The molecule has 0 radical (unpaired) electrons. The summed E-state index contributed by atoms with van der Waals surface area (Å²) in [6, 6.07) is 10.4. The molecule has 1 aliphatic carbocycles. The third-order valence-electron chi connectivity index (χ3n) is 5.85. The molecule has 3 heterocycles. The van der Waals surface area contributed by atoms with E-state index < -0.39 is 0 Å². The summed E-state index contributed by atoms with van der Waals surface area (Å²) < 4.78 is 18.9. The highest BCUT2D eigenvalue weighted by atomic mass is 19.1. The lowest BCUT2D eigenvalue weighted by Gasteiger charge is -2.22. The van der Waals surface area contributed by atoms with Gasteiger partial charge in [0.05, 0.1) is 6.20 Å². The van der Waals surface area contributed by atoms with Crippen LogP contribution in [0.3, 0.4) is 0 Å². The molecule has 1 amide bonds. The van der Waals surface area contributed by atoms with E-state index in [-0.39, 0.29) is 11.7 Å². The number of aromatic nitrogens is 1. The van der Waals surface area contributed by atoms with Crippen molar-refractivity contribution in [2.45, 2.75) is 6.42 Å². The van der Waals surface area contributed by atoms with Crippen molar-refractivity contribution in [3.8, 4) is 0 Å². The molecular formula is C21H20FN3O2. The Morgan fingerprint density at radius 3 is 2.89 bits per heavy atom. The number of rotatable bonds is 5. The third kappa shape index (κ3) is 3.05. The van der Waals surface area contributed by atoms with E-state index in [1.165, 1.54) is 6.07 Å². The van der Waals surface area contributed by atoms with E-state index in [9.17, 15) is 9.18 Å². The van der Waals surface area contributed by atoms with Gasteiger partial charge in [0.15, 0.2) is 11.3 Å². The van der Waals surface area contributed by atoms with Crippen molar-refractivity contribution in [3.63, 3.8) is 0 Å². The Bertz CT molecular complexity index is 957. The van der Waals surface area contributed by atoms with Gasteiger partial charge in [-0.25, -0.2) is 4.39 Å². The fourth-order valence-electron chi connectivity index (χ4n) is 4.40. The number of hydrogen-bond donors (Lipinski definition) is 1. The van der Waals surface area contributed by atoms with Crippen molar-refractivity contribution in [1.29, 1.82) is 0 Å². The summed E-state index contributed by atoms with van der Waals surface area (Å²) in [5.41, 5.74) is 1.59. The van der Waals surface area contributed by atoms with Crippen LogP contribution in [0.5, 0.6) is 0 Å². The summed E-state index contributed by atoms with van der Waals surface area (Å²) >= 11 is 0. The summed E-state index contributed by atoms with van der Waals surface area (Å²) in [4.78, 5) is 18.5. The molecular weight excluding hydrogens is 345 g/mol. The van der Waals surface area contributed by atoms with E-state index in [1.54, 1.807) is 30.6 Å². The zero-order valence-electron chi connectivity index (χ0n) is 14.8. The maximum absolute atomic E-state index is 13.4. The minimum absolute atomic E-state index is 0.182. The Balaban J connectivity index is 1.11.